The maximum absolute atomic E-state index is 12.0. The van der Waals surface area contributed by atoms with Gasteiger partial charge in [0.05, 0.1) is 10.7 Å². The molecule has 3 aromatic rings. The lowest BCUT2D eigenvalue weighted by atomic mass is 10.2. The van der Waals surface area contributed by atoms with Gasteiger partial charge in [-0.2, -0.15) is 0 Å². The number of halogens is 1. The van der Waals surface area contributed by atoms with Crippen LogP contribution in [0.5, 0.6) is 0 Å². The Kier molecular flexibility index (Phi) is 4.18. The SMILES string of the molecule is Cc1cccc(NNC(=O)Nc2sc3ccccc3c2Cl)c1. The second kappa shape index (κ2) is 6.25. The molecule has 0 fully saturated rings. The van der Waals surface area contributed by atoms with Gasteiger partial charge in [0.1, 0.15) is 5.00 Å². The highest BCUT2D eigenvalue weighted by molar-refractivity contribution is 7.23. The fourth-order valence-corrected chi connectivity index (χ4v) is 3.45. The van der Waals surface area contributed by atoms with E-state index in [9.17, 15) is 4.79 Å². The second-order valence-corrected chi connectivity index (χ2v) is 6.25. The smallest absolute Gasteiger partial charge is 0.297 e. The molecule has 0 aliphatic carbocycles. The van der Waals surface area contributed by atoms with Gasteiger partial charge in [-0.3, -0.25) is 16.2 Å². The highest BCUT2D eigenvalue weighted by Gasteiger charge is 2.12. The van der Waals surface area contributed by atoms with E-state index in [1.807, 2.05) is 55.5 Å². The van der Waals surface area contributed by atoms with Crippen LogP contribution in [0, 0.1) is 6.92 Å². The fourth-order valence-electron chi connectivity index (χ4n) is 2.08. The number of hydrogen-bond acceptors (Lipinski definition) is 3. The summed E-state index contributed by atoms with van der Waals surface area (Å²) >= 11 is 7.73. The van der Waals surface area contributed by atoms with Crippen LogP contribution in [0.1, 0.15) is 5.56 Å². The number of nitrogens with one attached hydrogen (secondary N) is 3. The van der Waals surface area contributed by atoms with E-state index in [1.165, 1.54) is 11.3 Å². The molecule has 0 saturated heterocycles. The summed E-state index contributed by atoms with van der Waals surface area (Å²) in [7, 11) is 0. The number of amides is 2. The normalized spacial score (nSPS) is 10.5. The van der Waals surface area contributed by atoms with Gasteiger partial charge in [-0.25, -0.2) is 4.79 Å². The first kappa shape index (κ1) is 14.7. The quantitative estimate of drug-likeness (QED) is 0.591. The van der Waals surface area contributed by atoms with Crippen LogP contribution in [0.3, 0.4) is 0 Å². The van der Waals surface area contributed by atoms with Crippen molar-refractivity contribution in [3.05, 3.63) is 59.1 Å². The topological polar surface area (TPSA) is 53.2 Å². The third-order valence-corrected chi connectivity index (χ3v) is 4.69. The van der Waals surface area contributed by atoms with E-state index in [-0.39, 0.29) is 6.03 Å². The minimum atomic E-state index is -0.366. The standard InChI is InChI=1S/C16H14ClN3OS/c1-10-5-4-6-11(9-10)19-20-16(21)18-15-14(17)12-7-2-3-8-13(12)22-15/h2-9,19H,1H3,(H2,18,20,21). The number of aryl methyl sites for hydroxylation is 1. The average Bonchev–Trinajstić information content (AvgIpc) is 2.82. The van der Waals surface area contributed by atoms with Crippen molar-refractivity contribution in [3.8, 4) is 0 Å². The number of urea groups is 1. The average molecular weight is 332 g/mol. The first-order valence-electron chi connectivity index (χ1n) is 6.70. The summed E-state index contributed by atoms with van der Waals surface area (Å²) in [5.41, 5.74) is 7.38. The zero-order valence-electron chi connectivity index (χ0n) is 11.8. The molecule has 3 N–H and O–H groups in total. The molecule has 1 aromatic heterocycles. The van der Waals surface area contributed by atoms with E-state index in [0.717, 1.165) is 21.3 Å². The molecule has 0 unspecified atom stereocenters. The van der Waals surface area contributed by atoms with Gasteiger partial charge in [0.15, 0.2) is 0 Å². The van der Waals surface area contributed by atoms with Crippen molar-refractivity contribution in [2.24, 2.45) is 0 Å². The van der Waals surface area contributed by atoms with Gasteiger partial charge in [-0.05, 0) is 30.7 Å². The predicted octanol–water partition coefficient (Wildman–Crippen LogP) is 5.01. The summed E-state index contributed by atoms with van der Waals surface area (Å²) in [6.45, 7) is 1.99. The number of hydrazine groups is 1. The Morgan fingerprint density at radius 2 is 1.95 bits per heavy atom. The minimum absolute atomic E-state index is 0.366. The Bertz CT molecular complexity index is 831. The molecule has 0 aliphatic rings. The van der Waals surface area contributed by atoms with Crippen LogP contribution in [0.25, 0.3) is 10.1 Å². The molecule has 0 radical (unpaired) electrons. The van der Waals surface area contributed by atoms with E-state index >= 15 is 0 Å². The van der Waals surface area contributed by atoms with Crippen molar-refractivity contribution < 1.29 is 4.79 Å². The van der Waals surface area contributed by atoms with E-state index < -0.39 is 0 Å². The molecule has 0 saturated carbocycles. The van der Waals surface area contributed by atoms with E-state index in [1.54, 1.807) is 0 Å². The van der Waals surface area contributed by atoms with Crippen LogP contribution in [0.15, 0.2) is 48.5 Å². The molecule has 2 amide bonds. The Morgan fingerprint density at radius 1 is 1.14 bits per heavy atom. The molecular formula is C16H14ClN3OS. The van der Waals surface area contributed by atoms with E-state index in [0.29, 0.717) is 10.0 Å². The number of carbonyl (C=O) groups is 1. The van der Waals surface area contributed by atoms with Gasteiger partial charge in [0.2, 0.25) is 0 Å². The summed E-state index contributed by atoms with van der Waals surface area (Å²) in [5.74, 6) is 0. The molecular weight excluding hydrogens is 318 g/mol. The Morgan fingerprint density at radius 3 is 2.73 bits per heavy atom. The monoisotopic (exact) mass is 331 g/mol. The van der Waals surface area contributed by atoms with Crippen LogP contribution in [0.2, 0.25) is 5.02 Å². The highest BCUT2D eigenvalue weighted by Crippen LogP contribution is 2.39. The highest BCUT2D eigenvalue weighted by atomic mass is 35.5. The van der Waals surface area contributed by atoms with Crippen molar-refractivity contribution in [1.82, 2.24) is 5.43 Å². The maximum Gasteiger partial charge on any atom is 0.338 e. The second-order valence-electron chi connectivity index (χ2n) is 4.81. The summed E-state index contributed by atoms with van der Waals surface area (Å²) in [5, 5.41) is 4.89. The fraction of sp³-hybridized carbons (Fsp3) is 0.0625. The molecule has 6 heteroatoms. The molecule has 0 atom stereocenters. The summed E-state index contributed by atoms with van der Waals surface area (Å²) in [4.78, 5) is 12.0. The zero-order valence-corrected chi connectivity index (χ0v) is 13.4. The summed E-state index contributed by atoms with van der Waals surface area (Å²) in [6.07, 6.45) is 0. The van der Waals surface area contributed by atoms with Gasteiger partial charge in [0, 0.05) is 10.1 Å². The minimum Gasteiger partial charge on any atom is -0.297 e. The zero-order chi connectivity index (χ0) is 15.5. The molecule has 0 aliphatic heterocycles. The molecule has 112 valence electrons. The molecule has 22 heavy (non-hydrogen) atoms. The van der Waals surface area contributed by atoms with Gasteiger partial charge in [-0.15, -0.1) is 11.3 Å². The van der Waals surface area contributed by atoms with E-state index in [2.05, 4.69) is 16.2 Å². The third kappa shape index (κ3) is 3.16. The molecule has 3 rings (SSSR count). The summed E-state index contributed by atoms with van der Waals surface area (Å²) in [6, 6.07) is 15.1. The Balaban J connectivity index is 1.67. The largest absolute Gasteiger partial charge is 0.338 e. The Hall–Kier alpha value is -2.24. The number of benzene rings is 2. The number of carbonyl (C=O) groups excluding carboxylic acids is 1. The van der Waals surface area contributed by atoms with Crippen LogP contribution in [0.4, 0.5) is 15.5 Å². The number of thiophene rings is 1. The van der Waals surface area contributed by atoms with Crippen molar-refractivity contribution in [2.45, 2.75) is 6.92 Å². The number of anilines is 2. The third-order valence-electron chi connectivity index (χ3n) is 3.10. The number of fused-ring (bicyclic) bond motifs is 1. The van der Waals surface area contributed by atoms with Crippen molar-refractivity contribution in [3.63, 3.8) is 0 Å². The van der Waals surface area contributed by atoms with Gasteiger partial charge < -0.3 is 0 Å². The van der Waals surface area contributed by atoms with Crippen LogP contribution in [-0.4, -0.2) is 6.03 Å². The van der Waals surface area contributed by atoms with Gasteiger partial charge >= 0.3 is 6.03 Å². The van der Waals surface area contributed by atoms with Crippen LogP contribution >= 0.6 is 22.9 Å². The molecule has 2 aromatic carbocycles. The molecule has 0 bridgehead atoms. The maximum atomic E-state index is 12.0. The predicted molar refractivity (Wildman–Crippen MR) is 93.8 cm³/mol. The van der Waals surface area contributed by atoms with E-state index in [4.69, 9.17) is 11.6 Å². The lowest BCUT2D eigenvalue weighted by Gasteiger charge is -2.09. The summed E-state index contributed by atoms with van der Waals surface area (Å²) < 4.78 is 1.04. The van der Waals surface area contributed by atoms with Crippen molar-refractivity contribution >= 4 is 49.7 Å². The lowest BCUT2D eigenvalue weighted by molar-refractivity contribution is 0.254. The van der Waals surface area contributed by atoms with Crippen LogP contribution < -0.4 is 16.2 Å². The lowest BCUT2D eigenvalue weighted by Crippen LogP contribution is -2.33. The molecule has 1 heterocycles. The molecule has 4 nitrogen and oxygen atoms in total. The van der Waals surface area contributed by atoms with Crippen molar-refractivity contribution in [2.75, 3.05) is 10.7 Å². The first-order chi connectivity index (χ1) is 10.6. The van der Waals surface area contributed by atoms with Gasteiger partial charge in [-0.1, -0.05) is 41.9 Å². The number of hydrogen-bond donors (Lipinski definition) is 3. The van der Waals surface area contributed by atoms with Gasteiger partial charge in [0.25, 0.3) is 0 Å². The van der Waals surface area contributed by atoms with Crippen molar-refractivity contribution in [1.29, 1.82) is 0 Å². The molecule has 0 spiro atoms. The van der Waals surface area contributed by atoms with Crippen LogP contribution in [-0.2, 0) is 0 Å². The Labute approximate surface area is 137 Å². The first-order valence-corrected chi connectivity index (χ1v) is 7.89. The number of rotatable bonds is 3.